The number of amides is 1. The highest BCUT2D eigenvalue weighted by molar-refractivity contribution is 7.12. The Balaban J connectivity index is 1.73. The molecule has 0 bridgehead atoms. The first-order valence-corrected chi connectivity index (χ1v) is 7.04. The Kier molecular flexibility index (Phi) is 3.15. The van der Waals surface area contributed by atoms with Crippen LogP contribution in [0.4, 0.5) is 0 Å². The Morgan fingerprint density at radius 1 is 1.50 bits per heavy atom. The fraction of sp³-hybridized carbons (Fsp3) is 0.385. The Morgan fingerprint density at radius 3 is 3.17 bits per heavy atom. The lowest BCUT2D eigenvalue weighted by molar-refractivity contribution is 0.0711. The highest BCUT2D eigenvalue weighted by atomic mass is 32.1. The minimum atomic E-state index is 0.161. The molecule has 1 atom stereocenters. The fourth-order valence-electron chi connectivity index (χ4n) is 2.47. The lowest BCUT2D eigenvalue weighted by Crippen LogP contribution is -2.38. The topological polar surface area (TPSA) is 49.0 Å². The van der Waals surface area contributed by atoms with Gasteiger partial charge in [0, 0.05) is 30.9 Å². The van der Waals surface area contributed by atoms with E-state index < -0.39 is 0 Å². The summed E-state index contributed by atoms with van der Waals surface area (Å²) in [6, 6.07) is 5.82. The SMILES string of the molecule is O=C(c1cccs1)N1CCCC(c2ccn[nH]2)C1. The average Bonchev–Trinajstić information content (AvgIpc) is 3.11. The minimum absolute atomic E-state index is 0.161. The van der Waals surface area contributed by atoms with Gasteiger partial charge in [0.05, 0.1) is 4.88 Å². The summed E-state index contributed by atoms with van der Waals surface area (Å²) in [7, 11) is 0. The van der Waals surface area contributed by atoms with Crippen LogP contribution in [-0.2, 0) is 0 Å². The Labute approximate surface area is 110 Å². The summed E-state index contributed by atoms with van der Waals surface area (Å²) >= 11 is 1.51. The Bertz CT molecular complexity index is 506. The van der Waals surface area contributed by atoms with Gasteiger partial charge in [-0.1, -0.05) is 6.07 Å². The molecule has 1 aliphatic rings. The van der Waals surface area contributed by atoms with Crippen molar-refractivity contribution < 1.29 is 4.79 Å². The van der Waals surface area contributed by atoms with E-state index in [1.54, 1.807) is 6.20 Å². The maximum Gasteiger partial charge on any atom is 0.263 e. The highest BCUT2D eigenvalue weighted by Crippen LogP contribution is 2.26. The number of rotatable bonds is 2. The first kappa shape index (κ1) is 11.5. The molecule has 3 heterocycles. The van der Waals surface area contributed by atoms with E-state index >= 15 is 0 Å². The molecular weight excluding hydrogens is 246 g/mol. The van der Waals surface area contributed by atoms with Gasteiger partial charge in [-0.05, 0) is 30.4 Å². The zero-order valence-corrected chi connectivity index (χ0v) is 10.8. The molecule has 1 N–H and O–H groups in total. The van der Waals surface area contributed by atoms with Crippen LogP contribution in [0.3, 0.4) is 0 Å². The van der Waals surface area contributed by atoms with Gasteiger partial charge >= 0.3 is 0 Å². The third-order valence-corrected chi connectivity index (χ3v) is 4.26. The van der Waals surface area contributed by atoms with E-state index in [4.69, 9.17) is 0 Å². The molecule has 2 aromatic rings. The van der Waals surface area contributed by atoms with Gasteiger partial charge in [0.15, 0.2) is 0 Å². The molecule has 3 rings (SSSR count). The number of piperidine rings is 1. The van der Waals surface area contributed by atoms with Crippen LogP contribution < -0.4 is 0 Å². The molecule has 0 saturated carbocycles. The van der Waals surface area contributed by atoms with Crippen LogP contribution in [0.1, 0.15) is 34.1 Å². The first-order chi connectivity index (χ1) is 8.84. The van der Waals surface area contributed by atoms with Crippen LogP contribution in [-0.4, -0.2) is 34.1 Å². The van der Waals surface area contributed by atoms with Crippen molar-refractivity contribution in [3.63, 3.8) is 0 Å². The number of nitrogens with one attached hydrogen (secondary N) is 1. The van der Waals surface area contributed by atoms with Gasteiger partial charge < -0.3 is 4.90 Å². The zero-order valence-electron chi connectivity index (χ0n) is 10.0. The number of carbonyl (C=O) groups excluding carboxylic acids is 1. The number of hydrogen-bond donors (Lipinski definition) is 1. The standard InChI is InChI=1S/C13H15N3OS/c17-13(12-4-2-8-18-12)16-7-1-3-10(9-16)11-5-6-14-15-11/h2,4-6,8,10H,1,3,7,9H2,(H,14,15). The van der Waals surface area contributed by atoms with Crippen LogP contribution in [0.25, 0.3) is 0 Å². The van der Waals surface area contributed by atoms with Crippen molar-refractivity contribution in [2.45, 2.75) is 18.8 Å². The number of aromatic nitrogens is 2. The van der Waals surface area contributed by atoms with Gasteiger partial charge in [-0.2, -0.15) is 5.10 Å². The summed E-state index contributed by atoms with van der Waals surface area (Å²) in [6.45, 7) is 1.65. The van der Waals surface area contributed by atoms with Gasteiger partial charge in [-0.25, -0.2) is 0 Å². The maximum atomic E-state index is 12.3. The second-order valence-electron chi connectivity index (χ2n) is 4.58. The zero-order chi connectivity index (χ0) is 12.4. The summed E-state index contributed by atoms with van der Waals surface area (Å²) in [5, 5.41) is 8.95. The molecule has 1 aliphatic heterocycles. The molecular formula is C13H15N3OS. The third kappa shape index (κ3) is 2.18. The molecule has 0 spiro atoms. The van der Waals surface area contributed by atoms with Crippen molar-refractivity contribution in [3.05, 3.63) is 40.3 Å². The number of hydrogen-bond acceptors (Lipinski definition) is 3. The van der Waals surface area contributed by atoms with Crippen molar-refractivity contribution in [2.75, 3.05) is 13.1 Å². The number of thiophene rings is 1. The smallest absolute Gasteiger partial charge is 0.263 e. The molecule has 0 aliphatic carbocycles. The Hall–Kier alpha value is -1.62. The first-order valence-electron chi connectivity index (χ1n) is 6.16. The van der Waals surface area contributed by atoms with E-state index in [2.05, 4.69) is 10.2 Å². The molecule has 4 nitrogen and oxygen atoms in total. The van der Waals surface area contributed by atoms with Crippen molar-refractivity contribution in [3.8, 4) is 0 Å². The lowest BCUT2D eigenvalue weighted by Gasteiger charge is -2.31. The fourth-order valence-corrected chi connectivity index (χ4v) is 3.16. The number of nitrogens with zero attached hydrogens (tertiary/aromatic N) is 2. The van der Waals surface area contributed by atoms with Crippen LogP contribution in [0.15, 0.2) is 29.8 Å². The van der Waals surface area contributed by atoms with E-state index in [9.17, 15) is 4.79 Å². The van der Waals surface area contributed by atoms with Crippen LogP contribution in [0.2, 0.25) is 0 Å². The summed E-state index contributed by atoms with van der Waals surface area (Å²) in [5.74, 6) is 0.555. The molecule has 2 aromatic heterocycles. The van der Waals surface area contributed by atoms with E-state index in [1.807, 2.05) is 28.5 Å². The summed E-state index contributed by atoms with van der Waals surface area (Å²) in [6.07, 6.45) is 3.95. The predicted octanol–water partition coefficient (Wildman–Crippen LogP) is 2.49. The van der Waals surface area contributed by atoms with Crippen molar-refractivity contribution in [2.24, 2.45) is 0 Å². The monoisotopic (exact) mass is 261 g/mol. The Morgan fingerprint density at radius 2 is 2.44 bits per heavy atom. The van der Waals surface area contributed by atoms with Gasteiger partial charge in [-0.15, -0.1) is 11.3 Å². The number of aromatic amines is 1. The van der Waals surface area contributed by atoms with Crippen molar-refractivity contribution in [1.82, 2.24) is 15.1 Å². The van der Waals surface area contributed by atoms with Gasteiger partial charge in [0.2, 0.25) is 0 Å². The molecule has 94 valence electrons. The van der Waals surface area contributed by atoms with Crippen molar-refractivity contribution in [1.29, 1.82) is 0 Å². The van der Waals surface area contributed by atoms with E-state index in [0.29, 0.717) is 5.92 Å². The number of carbonyl (C=O) groups is 1. The summed E-state index contributed by atoms with van der Waals surface area (Å²) in [4.78, 5) is 15.1. The molecule has 1 saturated heterocycles. The predicted molar refractivity (Wildman–Crippen MR) is 70.8 cm³/mol. The van der Waals surface area contributed by atoms with Gasteiger partial charge in [-0.3, -0.25) is 9.89 Å². The van der Waals surface area contributed by atoms with Gasteiger partial charge in [0.1, 0.15) is 0 Å². The lowest BCUT2D eigenvalue weighted by atomic mass is 9.95. The normalized spacial score (nSPS) is 20.0. The molecule has 1 fully saturated rings. The van der Waals surface area contributed by atoms with E-state index in [1.165, 1.54) is 11.3 Å². The van der Waals surface area contributed by atoms with E-state index in [-0.39, 0.29) is 5.91 Å². The van der Waals surface area contributed by atoms with E-state index in [0.717, 1.165) is 36.5 Å². The summed E-state index contributed by atoms with van der Waals surface area (Å²) < 4.78 is 0. The largest absolute Gasteiger partial charge is 0.337 e. The third-order valence-electron chi connectivity index (χ3n) is 3.40. The van der Waals surface area contributed by atoms with Gasteiger partial charge in [0.25, 0.3) is 5.91 Å². The number of likely N-dealkylation sites (tertiary alicyclic amines) is 1. The molecule has 0 aromatic carbocycles. The maximum absolute atomic E-state index is 12.3. The molecule has 1 unspecified atom stereocenters. The minimum Gasteiger partial charge on any atom is -0.337 e. The number of H-pyrrole nitrogens is 1. The van der Waals surface area contributed by atoms with Crippen LogP contribution in [0, 0.1) is 0 Å². The molecule has 5 heteroatoms. The highest BCUT2D eigenvalue weighted by Gasteiger charge is 2.26. The summed E-state index contributed by atoms with van der Waals surface area (Å²) in [5.41, 5.74) is 1.14. The quantitative estimate of drug-likeness (QED) is 0.903. The molecule has 1 amide bonds. The van der Waals surface area contributed by atoms with Crippen LogP contribution >= 0.6 is 11.3 Å². The van der Waals surface area contributed by atoms with Crippen LogP contribution in [0.5, 0.6) is 0 Å². The molecule has 0 radical (unpaired) electrons. The average molecular weight is 261 g/mol. The molecule has 18 heavy (non-hydrogen) atoms. The second-order valence-corrected chi connectivity index (χ2v) is 5.53. The van der Waals surface area contributed by atoms with Crippen molar-refractivity contribution >= 4 is 17.2 Å². The second kappa shape index (κ2) is 4.94.